The summed E-state index contributed by atoms with van der Waals surface area (Å²) in [7, 11) is 0. The van der Waals surface area contributed by atoms with E-state index in [2.05, 4.69) is 239 Å². The summed E-state index contributed by atoms with van der Waals surface area (Å²) in [6.07, 6.45) is 0. The van der Waals surface area contributed by atoms with Gasteiger partial charge in [-0.3, -0.25) is 0 Å². The van der Waals surface area contributed by atoms with Crippen LogP contribution in [0.15, 0.2) is 224 Å². The van der Waals surface area contributed by atoms with Crippen LogP contribution in [0.25, 0.3) is 58.8 Å². The number of benzene rings is 9. The minimum atomic E-state index is 1.08. The molecule has 11 rings (SSSR count). The Morgan fingerprint density at radius 1 is 0.310 bits per heavy atom. The lowest BCUT2D eigenvalue weighted by molar-refractivity contribution is 1.17. The van der Waals surface area contributed by atoms with Gasteiger partial charge >= 0.3 is 0 Å². The molecule has 0 aliphatic carbocycles. The number of hydrogen-bond donors (Lipinski definition) is 0. The first-order chi connectivity index (χ1) is 28.8. The first-order valence-electron chi connectivity index (χ1n) is 19.7. The van der Waals surface area contributed by atoms with E-state index >= 15 is 0 Å². The SMILES string of the molecule is c1ccc(N(c2ccccc2)c2ccc(N(c3ccc(-c4cccc5c4sc4ccccc45)cc3)c3ccc(-n4c5ccccc5c5ccccc54)cc3)cc2)cc1. The van der Waals surface area contributed by atoms with Crippen LogP contribution < -0.4 is 9.80 Å². The lowest BCUT2D eigenvalue weighted by Crippen LogP contribution is -2.12. The Balaban J connectivity index is 1.02. The van der Waals surface area contributed by atoms with Gasteiger partial charge in [0.05, 0.1) is 11.0 Å². The molecule has 0 bridgehead atoms. The highest BCUT2D eigenvalue weighted by atomic mass is 32.1. The van der Waals surface area contributed by atoms with Crippen LogP contribution in [0.5, 0.6) is 0 Å². The highest BCUT2D eigenvalue weighted by Crippen LogP contribution is 2.43. The Kier molecular flexibility index (Phi) is 8.34. The van der Waals surface area contributed by atoms with Crippen molar-refractivity contribution in [2.45, 2.75) is 0 Å². The summed E-state index contributed by atoms with van der Waals surface area (Å²) in [6, 6.07) is 80.9. The van der Waals surface area contributed by atoms with E-state index in [0.717, 1.165) is 39.8 Å². The topological polar surface area (TPSA) is 11.4 Å². The Labute approximate surface area is 341 Å². The van der Waals surface area contributed by atoms with Crippen molar-refractivity contribution in [2.24, 2.45) is 0 Å². The average molecular weight is 760 g/mol. The van der Waals surface area contributed by atoms with Gasteiger partial charge < -0.3 is 14.4 Å². The maximum atomic E-state index is 2.37. The molecule has 4 heteroatoms. The molecule has 2 heterocycles. The highest BCUT2D eigenvalue weighted by molar-refractivity contribution is 7.26. The summed E-state index contributed by atoms with van der Waals surface area (Å²) in [4.78, 5) is 4.66. The predicted molar refractivity (Wildman–Crippen MR) is 248 cm³/mol. The van der Waals surface area contributed by atoms with Gasteiger partial charge in [-0.1, -0.05) is 121 Å². The molecule has 58 heavy (non-hydrogen) atoms. The third kappa shape index (κ3) is 5.82. The van der Waals surface area contributed by atoms with Crippen molar-refractivity contribution in [2.75, 3.05) is 9.80 Å². The van der Waals surface area contributed by atoms with Crippen molar-refractivity contribution in [3.8, 4) is 16.8 Å². The Morgan fingerprint density at radius 2 is 0.724 bits per heavy atom. The minimum absolute atomic E-state index is 1.08. The Bertz CT molecular complexity index is 3110. The summed E-state index contributed by atoms with van der Waals surface area (Å²) < 4.78 is 5.02. The summed E-state index contributed by atoms with van der Waals surface area (Å²) in [5.74, 6) is 0. The second kappa shape index (κ2) is 14.3. The molecule has 0 aliphatic rings. The minimum Gasteiger partial charge on any atom is -0.311 e. The molecule has 9 aromatic carbocycles. The summed E-state index contributed by atoms with van der Waals surface area (Å²) >= 11 is 1.87. The van der Waals surface area contributed by atoms with Gasteiger partial charge in [-0.05, 0) is 114 Å². The smallest absolute Gasteiger partial charge is 0.0541 e. The molecule has 0 N–H and O–H groups in total. The standard InChI is InChI=1S/C54H37N3S/c1-3-14-39(15-4-1)55(40-16-5-2-6-17-40)42-30-32-43(33-31-42)56(41-28-26-38(27-29-41)46-21-13-22-50-49-20-9-12-25-53(49)58-54(46)50)44-34-36-45(37-35-44)57-51-23-10-7-18-47(51)48-19-8-11-24-52(48)57/h1-37H. The predicted octanol–water partition coefficient (Wildman–Crippen LogP) is 15.8. The largest absolute Gasteiger partial charge is 0.311 e. The molecule has 0 fully saturated rings. The van der Waals surface area contributed by atoms with E-state index in [4.69, 9.17) is 0 Å². The average Bonchev–Trinajstić information content (AvgIpc) is 3.85. The van der Waals surface area contributed by atoms with Gasteiger partial charge in [0.1, 0.15) is 0 Å². The number of nitrogens with zero attached hydrogens (tertiary/aromatic N) is 3. The number of rotatable bonds is 8. The third-order valence-electron chi connectivity index (χ3n) is 11.2. The van der Waals surface area contributed by atoms with Gasteiger partial charge in [0.25, 0.3) is 0 Å². The molecule has 0 amide bonds. The van der Waals surface area contributed by atoms with Crippen LogP contribution in [0.3, 0.4) is 0 Å². The molecular weight excluding hydrogens is 723 g/mol. The molecular formula is C54H37N3S. The Morgan fingerprint density at radius 3 is 1.28 bits per heavy atom. The van der Waals surface area contributed by atoms with Crippen LogP contribution in [-0.4, -0.2) is 4.57 Å². The second-order valence-corrected chi connectivity index (χ2v) is 15.6. The van der Waals surface area contributed by atoms with E-state index in [1.54, 1.807) is 0 Å². The molecule has 0 atom stereocenters. The number of para-hydroxylation sites is 4. The molecule has 0 saturated heterocycles. The number of anilines is 6. The monoisotopic (exact) mass is 759 g/mol. The third-order valence-corrected chi connectivity index (χ3v) is 12.4. The van der Waals surface area contributed by atoms with Crippen molar-refractivity contribution in [1.29, 1.82) is 0 Å². The van der Waals surface area contributed by atoms with Gasteiger partial charge in [0, 0.05) is 70.8 Å². The molecule has 0 radical (unpaired) electrons. The van der Waals surface area contributed by atoms with Crippen molar-refractivity contribution in [3.05, 3.63) is 224 Å². The lowest BCUT2D eigenvalue weighted by Gasteiger charge is -2.28. The second-order valence-electron chi connectivity index (χ2n) is 14.6. The molecule has 0 spiro atoms. The fraction of sp³-hybridized carbons (Fsp3) is 0. The van der Waals surface area contributed by atoms with Crippen molar-refractivity contribution >= 4 is 87.4 Å². The van der Waals surface area contributed by atoms with E-state index in [1.807, 2.05) is 11.3 Å². The number of thiophene rings is 1. The normalized spacial score (nSPS) is 11.4. The molecule has 274 valence electrons. The number of aromatic nitrogens is 1. The van der Waals surface area contributed by atoms with Gasteiger partial charge in [-0.25, -0.2) is 0 Å². The van der Waals surface area contributed by atoms with E-state index in [1.165, 1.54) is 53.1 Å². The summed E-state index contributed by atoms with van der Waals surface area (Å²) in [6.45, 7) is 0. The highest BCUT2D eigenvalue weighted by Gasteiger charge is 2.18. The van der Waals surface area contributed by atoms with Crippen LogP contribution in [0.2, 0.25) is 0 Å². The van der Waals surface area contributed by atoms with E-state index < -0.39 is 0 Å². The van der Waals surface area contributed by atoms with Crippen LogP contribution >= 0.6 is 11.3 Å². The van der Waals surface area contributed by atoms with Crippen LogP contribution in [0.1, 0.15) is 0 Å². The number of hydrogen-bond acceptors (Lipinski definition) is 3. The first-order valence-corrected chi connectivity index (χ1v) is 20.5. The van der Waals surface area contributed by atoms with Crippen LogP contribution in [-0.2, 0) is 0 Å². The van der Waals surface area contributed by atoms with E-state index in [0.29, 0.717) is 0 Å². The molecule has 3 nitrogen and oxygen atoms in total. The Hall–Kier alpha value is -7.40. The van der Waals surface area contributed by atoms with Gasteiger partial charge in [0.15, 0.2) is 0 Å². The molecule has 0 saturated carbocycles. The lowest BCUT2D eigenvalue weighted by atomic mass is 10.0. The maximum Gasteiger partial charge on any atom is 0.0541 e. The fourth-order valence-electron chi connectivity index (χ4n) is 8.52. The van der Waals surface area contributed by atoms with E-state index in [-0.39, 0.29) is 0 Å². The summed E-state index contributed by atoms with van der Waals surface area (Å²) in [5, 5.41) is 5.15. The molecule has 2 aromatic heterocycles. The fourth-order valence-corrected chi connectivity index (χ4v) is 9.75. The molecule has 11 aromatic rings. The zero-order valence-corrected chi connectivity index (χ0v) is 32.4. The zero-order chi connectivity index (χ0) is 38.4. The van der Waals surface area contributed by atoms with Crippen LogP contribution in [0, 0.1) is 0 Å². The summed E-state index contributed by atoms with van der Waals surface area (Å²) in [5.41, 5.74) is 12.6. The molecule has 0 unspecified atom stereocenters. The van der Waals surface area contributed by atoms with Crippen LogP contribution in [0.4, 0.5) is 34.1 Å². The van der Waals surface area contributed by atoms with E-state index in [9.17, 15) is 0 Å². The zero-order valence-electron chi connectivity index (χ0n) is 31.6. The maximum absolute atomic E-state index is 2.37. The molecule has 0 aliphatic heterocycles. The van der Waals surface area contributed by atoms with Crippen molar-refractivity contribution in [1.82, 2.24) is 4.57 Å². The number of fused-ring (bicyclic) bond motifs is 6. The quantitative estimate of drug-likeness (QED) is 0.153. The first kappa shape index (κ1) is 33.9. The van der Waals surface area contributed by atoms with Gasteiger partial charge in [0.2, 0.25) is 0 Å². The van der Waals surface area contributed by atoms with Crippen molar-refractivity contribution in [3.63, 3.8) is 0 Å². The van der Waals surface area contributed by atoms with Gasteiger partial charge in [-0.2, -0.15) is 0 Å². The van der Waals surface area contributed by atoms with Gasteiger partial charge in [-0.15, -0.1) is 11.3 Å². The van der Waals surface area contributed by atoms with Crippen molar-refractivity contribution < 1.29 is 0 Å².